The van der Waals surface area contributed by atoms with Crippen molar-refractivity contribution in [3.8, 4) is 5.75 Å². The maximum atomic E-state index is 13.8. The monoisotopic (exact) mass is 541 g/mol. The van der Waals surface area contributed by atoms with Crippen LogP contribution in [0.1, 0.15) is 67.6 Å². The van der Waals surface area contributed by atoms with Crippen molar-refractivity contribution >= 4 is 45.5 Å². The topological polar surface area (TPSA) is 119 Å². The summed E-state index contributed by atoms with van der Waals surface area (Å²) in [4.78, 5) is 50.5. The smallest absolute Gasteiger partial charge is 0.350 e. The Kier molecular flexibility index (Phi) is 7.74. The number of amides is 1. The van der Waals surface area contributed by atoms with Gasteiger partial charge in [-0.05, 0) is 40.2 Å². The molecule has 37 heavy (non-hydrogen) atoms. The molecule has 0 bridgehead atoms. The van der Waals surface area contributed by atoms with Crippen molar-refractivity contribution in [2.75, 3.05) is 18.1 Å². The number of esters is 1. The number of nitrogens with zero attached hydrogens (tertiary/aromatic N) is 3. The molecule has 1 amide bonds. The second-order valence-electron chi connectivity index (χ2n) is 8.33. The van der Waals surface area contributed by atoms with Crippen molar-refractivity contribution in [2.45, 2.75) is 47.1 Å². The number of carbonyl (C=O) groups is 3. The Morgan fingerprint density at radius 2 is 1.76 bits per heavy atom. The zero-order valence-corrected chi connectivity index (χ0v) is 22.8. The van der Waals surface area contributed by atoms with Crippen LogP contribution in [0.3, 0.4) is 0 Å². The van der Waals surface area contributed by atoms with Gasteiger partial charge >= 0.3 is 5.97 Å². The molecule has 9 nitrogen and oxygen atoms in total. The van der Waals surface area contributed by atoms with E-state index in [0.29, 0.717) is 39.2 Å². The standard InChI is InChI=1S/C26H27N3O6S2/c1-6-12-35-17-11-9-8-10-16(17)19-18(20(30)22-13(3)27-15(5)36-22)21(31)24(32)29(19)26-28-14(4)23(37-26)25(33)34-7-2/h8-11,19,31H,6-7,12H2,1-5H3. The SMILES string of the molecule is CCCOc1ccccc1C1C(C(=O)c2sc(C)nc2C)=C(O)C(=O)N1c1nc(C)c(C(=O)OCC)s1. The van der Waals surface area contributed by atoms with Gasteiger partial charge in [0.15, 0.2) is 10.9 Å². The Bertz CT molecular complexity index is 1410. The number of Topliss-reactive ketones (excluding diaryl/α,β-unsaturated/α-hetero) is 1. The highest BCUT2D eigenvalue weighted by Gasteiger charge is 2.47. The maximum absolute atomic E-state index is 13.8. The molecule has 1 atom stereocenters. The quantitative estimate of drug-likeness (QED) is 0.287. The number of hydrogen-bond acceptors (Lipinski definition) is 10. The van der Waals surface area contributed by atoms with Crippen LogP contribution in [0.15, 0.2) is 35.6 Å². The molecule has 0 saturated heterocycles. The number of ketones is 1. The van der Waals surface area contributed by atoms with E-state index in [0.717, 1.165) is 17.8 Å². The highest BCUT2D eigenvalue weighted by Crippen LogP contribution is 2.46. The molecule has 3 heterocycles. The predicted molar refractivity (Wildman–Crippen MR) is 141 cm³/mol. The lowest BCUT2D eigenvalue weighted by molar-refractivity contribution is -0.117. The number of para-hydroxylation sites is 1. The Balaban J connectivity index is 1.90. The summed E-state index contributed by atoms with van der Waals surface area (Å²) in [5, 5.41) is 11.9. The van der Waals surface area contributed by atoms with Crippen LogP contribution in [-0.2, 0) is 9.53 Å². The lowest BCUT2D eigenvalue weighted by atomic mass is 9.94. The summed E-state index contributed by atoms with van der Waals surface area (Å²) < 4.78 is 11.1. The van der Waals surface area contributed by atoms with Gasteiger partial charge in [-0.1, -0.05) is 36.5 Å². The van der Waals surface area contributed by atoms with Gasteiger partial charge in [0.1, 0.15) is 16.7 Å². The molecule has 0 spiro atoms. The summed E-state index contributed by atoms with van der Waals surface area (Å²) in [7, 11) is 0. The largest absolute Gasteiger partial charge is 0.503 e. The van der Waals surface area contributed by atoms with E-state index in [9.17, 15) is 19.5 Å². The van der Waals surface area contributed by atoms with Gasteiger partial charge in [0.05, 0.1) is 40.1 Å². The number of hydrogen-bond donors (Lipinski definition) is 1. The fraction of sp³-hybridized carbons (Fsp3) is 0.346. The van der Waals surface area contributed by atoms with Crippen molar-refractivity contribution < 1.29 is 29.0 Å². The third-order valence-corrected chi connectivity index (χ3v) is 7.90. The van der Waals surface area contributed by atoms with Crippen molar-refractivity contribution in [1.29, 1.82) is 0 Å². The number of thiazole rings is 2. The maximum Gasteiger partial charge on any atom is 0.350 e. The Hall–Kier alpha value is -3.57. The number of anilines is 1. The summed E-state index contributed by atoms with van der Waals surface area (Å²) in [6.45, 7) is 9.43. The number of rotatable bonds is 9. The van der Waals surface area contributed by atoms with Gasteiger partial charge in [0.2, 0.25) is 5.78 Å². The van der Waals surface area contributed by atoms with Crippen LogP contribution in [0.2, 0.25) is 0 Å². The first-order chi connectivity index (χ1) is 17.7. The second-order valence-corrected chi connectivity index (χ2v) is 10.5. The first-order valence-electron chi connectivity index (χ1n) is 11.8. The molecule has 3 aromatic rings. The van der Waals surface area contributed by atoms with E-state index < -0.39 is 29.5 Å². The number of aromatic nitrogens is 2. The van der Waals surface area contributed by atoms with Crippen molar-refractivity contribution in [3.63, 3.8) is 0 Å². The molecule has 0 saturated carbocycles. The normalized spacial score (nSPS) is 15.4. The molecule has 4 rings (SSSR count). The minimum Gasteiger partial charge on any atom is -0.503 e. The fourth-order valence-electron chi connectivity index (χ4n) is 4.11. The molecule has 0 radical (unpaired) electrons. The average molecular weight is 542 g/mol. The van der Waals surface area contributed by atoms with Crippen molar-refractivity contribution in [2.24, 2.45) is 0 Å². The summed E-state index contributed by atoms with van der Waals surface area (Å²) in [5.74, 6) is -2.03. The number of aliphatic hydroxyl groups excluding tert-OH is 1. The van der Waals surface area contributed by atoms with Gasteiger partial charge in [0, 0.05) is 5.56 Å². The van der Waals surface area contributed by atoms with Crippen LogP contribution in [0.25, 0.3) is 0 Å². The summed E-state index contributed by atoms with van der Waals surface area (Å²) >= 11 is 2.17. The number of aliphatic hydroxyl groups is 1. The van der Waals surface area contributed by atoms with Gasteiger partial charge in [0.25, 0.3) is 5.91 Å². The van der Waals surface area contributed by atoms with Crippen LogP contribution < -0.4 is 9.64 Å². The molecule has 0 aliphatic carbocycles. The zero-order valence-electron chi connectivity index (χ0n) is 21.2. The third kappa shape index (κ3) is 4.88. The molecule has 2 aromatic heterocycles. The molecule has 0 fully saturated rings. The van der Waals surface area contributed by atoms with E-state index in [1.54, 1.807) is 52.0 Å². The van der Waals surface area contributed by atoms with Crippen molar-refractivity contribution in [1.82, 2.24) is 9.97 Å². The van der Waals surface area contributed by atoms with E-state index in [-0.39, 0.29) is 22.2 Å². The minimum absolute atomic E-state index is 0.0881. The minimum atomic E-state index is -1.03. The molecular formula is C26H27N3O6S2. The average Bonchev–Trinajstić information content (AvgIpc) is 3.50. The second kappa shape index (κ2) is 10.8. The van der Waals surface area contributed by atoms with Crippen LogP contribution >= 0.6 is 22.7 Å². The third-order valence-electron chi connectivity index (χ3n) is 5.69. The van der Waals surface area contributed by atoms with Gasteiger partial charge in [-0.25, -0.2) is 14.8 Å². The Labute approximate surface area is 222 Å². The molecule has 1 aliphatic rings. The van der Waals surface area contributed by atoms with E-state index in [4.69, 9.17) is 9.47 Å². The van der Waals surface area contributed by atoms with Gasteiger partial charge in [-0.15, -0.1) is 11.3 Å². The summed E-state index contributed by atoms with van der Waals surface area (Å²) in [6.07, 6.45) is 0.752. The molecule has 1 aliphatic heterocycles. The highest BCUT2D eigenvalue weighted by atomic mass is 32.1. The van der Waals surface area contributed by atoms with Crippen molar-refractivity contribution in [3.05, 3.63) is 67.3 Å². The van der Waals surface area contributed by atoms with Gasteiger partial charge < -0.3 is 14.6 Å². The van der Waals surface area contributed by atoms with E-state index in [1.807, 2.05) is 6.92 Å². The van der Waals surface area contributed by atoms with E-state index in [2.05, 4.69) is 9.97 Å². The van der Waals surface area contributed by atoms with Crippen LogP contribution in [0, 0.1) is 20.8 Å². The highest BCUT2D eigenvalue weighted by molar-refractivity contribution is 7.17. The molecule has 1 N–H and O–H groups in total. The Morgan fingerprint density at radius 3 is 2.41 bits per heavy atom. The summed E-state index contributed by atoms with van der Waals surface area (Å²) in [6, 6.07) is 6.04. The first kappa shape index (κ1) is 26.5. The fourth-order valence-corrected chi connectivity index (χ4v) is 5.98. The lowest BCUT2D eigenvalue weighted by Crippen LogP contribution is -2.31. The van der Waals surface area contributed by atoms with E-state index in [1.165, 1.54) is 16.2 Å². The predicted octanol–water partition coefficient (Wildman–Crippen LogP) is 5.27. The molecule has 1 aromatic carbocycles. The number of aryl methyl sites for hydroxylation is 3. The number of benzene rings is 1. The zero-order chi connectivity index (χ0) is 26.9. The molecular weight excluding hydrogens is 514 g/mol. The first-order valence-corrected chi connectivity index (χ1v) is 13.4. The van der Waals surface area contributed by atoms with E-state index >= 15 is 0 Å². The van der Waals surface area contributed by atoms with Crippen LogP contribution in [-0.4, -0.2) is 45.9 Å². The summed E-state index contributed by atoms with van der Waals surface area (Å²) in [5.41, 5.74) is 1.33. The lowest BCUT2D eigenvalue weighted by Gasteiger charge is -2.26. The molecule has 11 heteroatoms. The number of carbonyl (C=O) groups excluding carboxylic acids is 3. The van der Waals surface area contributed by atoms with Gasteiger partial charge in [-0.3, -0.25) is 14.5 Å². The number of ether oxygens (including phenoxy) is 2. The van der Waals surface area contributed by atoms with Crippen LogP contribution in [0.5, 0.6) is 5.75 Å². The van der Waals surface area contributed by atoms with Gasteiger partial charge in [-0.2, -0.15) is 0 Å². The Morgan fingerprint density at radius 1 is 1.05 bits per heavy atom. The molecule has 194 valence electrons. The molecule has 1 unspecified atom stereocenters. The van der Waals surface area contributed by atoms with Crippen LogP contribution in [0.4, 0.5) is 5.13 Å².